The number of esters is 2. The van der Waals surface area contributed by atoms with E-state index >= 15 is 0 Å². The van der Waals surface area contributed by atoms with E-state index in [0.717, 1.165) is 5.56 Å². The molecule has 3 heterocycles. The van der Waals surface area contributed by atoms with Crippen LogP contribution in [-0.2, 0) is 28.5 Å². The van der Waals surface area contributed by atoms with Gasteiger partial charge in [-0.15, -0.1) is 0 Å². The molecule has 11 heteroatoms. The summed E-state index contributed by atoms with van der Waals surface area (Å²) in [6, 6.07) is 1.75. The molecule has 0 spiro atoms. The molecule has 2 fully saturated rings. The number of carbonyl (C=O) groups is 2. The third-order valence-corrected chi connectivity index (χ3v) is 8.93. The molecule has 0 radical (unpaired) electrons. The van der Waals surface area contributed by atoms with Crippen LogP contribution in [-0.4, -0.2) is 82.9 Å². The lowest BCUT2D eigenvalue weighted by atomic mass is 9.48. The van der Waals surface area contributed by atoms with E-state index in [1.54, 1.807) is 18.4 Å². The van der Waals surface area contributed by atoms with E-state index in [1.165, 1.54) is 13.4 Å². The fourth-order valence-corrected chi connectivity index (χ4v) is 6.87. The lowest BCUT2D eigenvalue weighted by Crippen LogP contribution is -2.62. The molecule has 208 valence electrons. The molecule has 2 aliphatic heterocycles. The number of furan rings is 1. The number of aliphatic hydroxyl groups excluding tert-OH is 4. The Hall–Kier alpha value is -2.54. The number of hydrogen-bond acceptors (Lipinski definition) is 11. The monoisotopic (exact) mass is 534 g/mol. The third kappa shape index (κ3) is 4.04. The summed E-state index contributed by atoms with van der Waals surface area (Å²) in [6.07, 6.45) is -0.890. The van der Waals surface area contributed by atoms with Crippen molar-refractivity contribution in [2.75, 3.05) is 13.7 Å². The second kappa shape index (κ2) is 9.89. The molecule has 11 nitrogen and oxygen atoms in total. The van der Waals surface area contributed by atoms with Crippen molar-refractivity contribution in [2.24, 2.45) is 16.7 Å². The van der Waals surface area contributed by atoms with Crippen molar-refractivity contribution in [2.45, 2.75) is 76.0 Å². The van der Waals surface area contributed by atoms with Crippen molar-refractivity contribution < 1.29 is 53.4 Å². The Balaban J connectivity index is 1.59. The van der Waals surface area contributed by atoms with Gasteiger partial charge in [-0.1, -0.05) is 19.9 Å². The zero-order valence-corrected chi connectivity index (χ0v) is 21.5. The van der Waals surface area contributed by atoms with Crippen LogP contribution < -0.4 is 0 Å². The molecule has 10 atom stereocenters. The van der Waals surface area contributed by atoms with E-state index in [4.69, 9.17) is 23.4 Å². The quantitative estimate of drug-likeness (QED) is 0.397. The molecule has 1 unspecified atom stereocenters. The number of cyclic esters (lactones) is 1. The number of allylic oxidation sites excluding steroid dienone is 1. The maximum atomic E-state index is 13.4. The van der Waals surface area contributed by atoms with Crippen LogP contribution in [0.2, 0.25) is 0 Å². The molecule has 1 aromatic rings. The van der Waals surface area contributed by atoms with Crippen LogP contribution >= 0.6 is 0 Å². The fraction of sp³-hybridized carbons (Fsp3) is 0.630. The number of aliphatic hydroxyl groups is 4. The summed E-state index contributed by atoms with van der Waals surface area (Å²) in [6.45, 7) is 3.22. The number of hydrogen-bond donors (Lipinski definition) is 4. The van der Waals surface area contributed by atoms with Crippen LogP contribution in [0, 0.1) is 16.7 Å². The zero-order valence-electron chi connectivity index (χ0n) is 21.5. The number of fused-ring (bicyclic) bond motifs is 3. The summed E-state index contributed by atoms with van der Waals surface area (Å²) < 4.78 is 28.0. The van der Waals surface area contributed by atoms with E-state index in [2.05, 4.69) is 0 Å². The van der Waals surface area contributed by atoms with Gasteiger partial charge in [-0.2, -0.15) is 0 Å². The molecule has 0 saturated carbocycles. The SMILES string of the molecule is COC(=O)C1=CCC[C@H]2[C@]3(C)C[C@@H](c4ccoc4)OC(=O)C3=CC(O[C@@H]3O[C@H](CO)[C@@H](O)[C@H](O)[C@H]3O)[C@@]12C. The topological polar surface area (TPSA) is 165 Å². The molecule has 38 heavy (non-hydrogen) atoms. The zero-order chi connectivity index (χ0) is 27.4. The van der Waals surface area contributed by atoms with Gasteiger partial charge in [0, 0.05) is 27.5 Å². The lowest BCUT2D eigenvalue weighted by molar-refractivity contribution is -0.317. The predicted molar refractivity (Wildman–Crippen MR) is 128 cm³/mol. The summed E-state index contributed by atoms with van der Waals surface area (Å²) >= 11 is 0. The second-order valence-electron chi connectivity index (χ2n) is 10.9. The largest absolute Gasteiger partial charge is 0.472 e. The Kier molecular flexibility index (Phi) is 7.04. The van der Waals surface area contributed by atoms with Crippen LogP contribution in [0.15, 0.2) is 46.3 Å². The van der Waals surface area contributed by atoms with Gasteiger partial charge in [0.1, 0.15) is 30.5 Å². The molecular weight excluding hydrogens is 500 g/mol. The summed E-state index contributed by atoms with van der Waals surface area (Å²) in [4.78, 5) is 26.5. The number of carbonyl (C=O) groups excluding carboxylic acids is 2. The van der Waals surface area contributed by atoms with Gasteiger partial charge in [0.05, 0.1) is 32.3 Å². The molecule has 2 saturated heterocycles. The van der Waals surface area contributed by atoms with E-state index in [0.29, 0.717) is 30.4 Å². The van der Waals surface area contributed by atoms with Crippen molar-refractivity contribution in [3.05, 3.63) is 47.5 Å². The van der Waals surface area contributed by atoms with E-state index in [-0.39, 0.29) is 5.92 Å². The Bertz CT molecular complexity index is 1120. The molecule has 4 aliphatic rings. The molecule has 4 N–H and O–H groups in total. The average Bonchev–Trinajstić information content (AvgIpc) is 3.44. The number of ether oxygens (including phenoxy) is 4. The third-order valence-electron chi connectivity index (χ3n) is 8.93. The summed E-state index contributed by atoms with van der Waals surface area (Å²) in [5, 5.41) is 40.8. The maximum absolute atomic E-state index is 13.4. The van der Waals surface area contributed by atoms with Crippen LogP contribution in [0.25, 0.3) is 0 Å². The van der Waals surface area contributed by atoms with Crippen LogP contribution in [0.1, 0.15) is 44.8 Å². The van der Waals surface area contributed by atoms with Crippen molar-refractivity contribution in [3.8, 4) is 0 Å². The first-order valence-corrected chi connectivity index (χ1v) is 12.8. The van der Waals surface area contributed by atoms with Crippen molar-refractivity contribution in [1.82, 2.24) is 0 Å². The highest BCUT2D eigenvalue weighted by atomic mass is 16.7. The first-order chi connectivity index (χ1) is 18.1. The average molecular weight is 535 g/mol. The normalized spacial score (nSPS) is 42.8. The van der Waals surface area contributed by atoms with Gasteiger partial charge in [-0.25, -0.2) is 9.59 Å². The van der Waals surface area contributed by atoms with Gasteiger partial charge in [0.25, 0.3) is 0 Å². The molecule has 0 amide bonds. The Morgan fingerprint density at radius 1 is 1.18 bits per heavy atom. The van der Waals surface area contributed by atoms with Crippen LogP contribution in [0.4, 0.5) is 0 Å². The van der Waals surface area contributed by atoms with Gasteiger partial charge >= 0.3 is 11.9 Å². The van der Waals surface area contributed by atoms with Crippen LogP contribution in [0.3, 0.4) is 0 Å². The molecule has 5 rings (SSSR count). The first-order valence-electron chi connectivity index (χ1n) is 12.8. The summed E-state index contributed by atoms with van der Waals surface area (Å²) in [5.74, 6) is -1.35. The van der Waals surface area contributed by atoms with Gasteiger partial charge in [0.15, 0.2) is 6.29 Å². The lowest BCUT2D eigenvalue weighted by Gasteiger charge is -2.58. The Morgan fingerprint density at radius 2 is 1.95 bits per heavy atom. The van der Waals surface area contributed by atoms with Gasteiger partial charge in [0.2, 0.25) is 0 Å². The molecule has 0 aromatic carbocycles. The minimum absolute atomic E-state index is 0.286. The van der Waals surface area contributed by atoms with Crippen molar-refractivity contribution in [3.63, 3.8) is 0 Å². The molecule has 0 bridgehead atoms. The van der Waals surface area contributed by atoms with Gasteiger partial charge < -0.3 is 43.8 Å². The summed E-state index contributed by atoms with van der Waals surface area (Å²) in [5.41, 5.74) is -0.239. The molecule has 2 aliphatic carbocycles. The maximum Gasteiger partial charge on any atom is 0.334 e. The highest BCUT2D eigenvalue weighted by molar-refractivity contribution is 5.94. The minimum Gasteiger partial charge on any atom is -0.472 e. The Labute approximate surface area is 219 Å². The highest BCUT2D eigenvalue weighted by Crippen LogP contribution is 2.63. The first kappa shape index (κ1) is 27.0. The van der Waals surface area contributed by atoms with Gasteiger partial charge in [-0.3, -0.25) is 0 Å². The van der Waals surface area contributed by atoms with E-state index < -0.39 is 72.3 Å². The van der Waals surface area contributed by atoms with E-state index in [1.807, 2.05) is 19.9 Å². The molecular formula is C27H34O11. The fourth-order valence-electron chi connectivity index (χ4n) is 6.87. The van der Waals surface area contributed by atoms with E-state index in [9.17, 15) is 30.0 Å². The standard InChI is InChI=1S/C27H34O11/c1-26-10-16(13-7-8-35-12-13)36-24(33)15(26)9-19(27(2)14(23(32)34-3)5-4-6-18(26)27)38-25-22(31)21(30)20(29)17(11-28)37-25/h5,7-9,12,16-22,25,28-31H,4,6,10-11H2,1-3H3/t16-,17+,18-,19?,20+,21-,22+,25-,26+,27-/m0/s1. The van der Waals surface area contributed by atoms with Crippen molar-refractivity contribution in [1.29, 1.82) is 0 Å². The smallest absolute Gasteiger partial charge is 0.334 e. The number of rotatable bonds is 5. The summed E-state index contributed by atoms with van der Waals surface area (Å²) in [7, 11) is 1.29. The van der Waals surface area contributed by atoms with Gasteiger partial charge in [-0.05, 0) is 37.3 Å². The molecule has 1 aromatic heterocycles. The highest BCUT2D eigenvalue weighted by Gasteiger charge is 2.63. The minimum atomic E-state index is -1.65. The predicted octanol–water partition coefficient (Wildman–Crippen LogP) is 0.915. The van der Waals surface area contributed by atoms with Crippen molar-refractivity contribution >= 4 is 11.9 Å². The Morgan fingerprint density at radius 3 is 2.61 bits per heavy atom. The van der Waals surface area contributed by atoms with Crippen LogP contribution in [0.5, 0.6) is 0 Å². The number of methoxy groups -OCH3 is 1. The second-order valence-corrected chi connectivity index (χ2v) is 10.9.